The summed E-state index contributed by atoms with van der Waals surface area (Å²) < 4.78 is 11.2. The monoisotopic (exact) mass is 536 g/mol. The molecule has 2 atom stereocenters. The van der Waals surface area contributed by atoms with Gasteiger partial charge in [0.2, 0.25) is 0 Å². The molecule has 1 saturated carbocycles. The van der Waals surface area contributed by atoms with Crippen LogP contribution < -0.4 is 0 Å². The minimum atomic E-state index is -0.0651. The molecule has 0 radical (unpaired) electrons. The zero-order chi connectivity index (χ0) is 28.6. The van der Waals surface area contributed by atoms with Crippen molar-refractivity contribution in [3.05, 3.63) is 0 Å². The Morgan fingerprint density at radius 2 is 0.974 bits per heavy atom. The number of hydrogen-bond acceptors (Lipinski definition) is 4. The van der Waals surface area contributed by atoms with E-state index in [9.17, 15) is 9.59 Å². The zero-order valence-corrected chi connectivity index (χ0v) is 26.7. The Hall–Kier alpha value is -1.06. The molecule has 0 saturated heterocycles. The molecule has 1 aliphatic rings. The summed E-state index contributed by atoms with van der Waals surface area (Å²) in [5.74, 6) is 1.11. The molecule has 0 bridgehead atoms. The second-order valence-corrected chi connectivity index (χ2v) is 14.3. The van der Waals surface area contributed by atoms with Gasteiger partial charge in [0.05, 0.1) is 25.0 Å². The first-order valence-corrected chi connectivity index (χ1v) is 16.2. The van der Waals surface area contributed by atoms with Crippen LogP contribution in [0, 0.1) is 34.5 Å². The smallest absolute Gasteiger partial charge is 0.308 e. The van der Waals surface area contributed by atoms with Crippen LogP contribution in [-0.4, -0.2) is 25.2 Å². The Morgan fingerprint density at radius 1 is 0.632 bits per heavy atom. The maximum Gasteiger partial charge on any atom is 0.308 e. The molecule has 4 heteroatoms. The molecule has 0 aromatic rings. The quantitative estimate of drug-likeness (QED) is 0.115. The van der Waals surface area contributed by atoms with E-state index in [1.54, 1.807) is 0 Å². The van der Waals surface area contributed by atoms with E-state index in [-0.39, 0.29) is 23.8 Å². The van der Waals surface area contributed by atoms with Crippen molar-refractivity contribution in [3.8, 4) is 0 Å². The Kier molecular flexibility index (Phi) is 16.9. The predicted octanol–water partition coefficient (Wildman–Crippen LogP) is 9.92. The van der Waals surface area contributed by atoms with Crippen molar-refractivity contribution < 1.29 is 19.1 Å². The Bertz CT molecular complexity index is 589. The van der Waals surface area contributed by atoms with Gasteiger partial charge in [0.1, 0.15) is 0 Å². The molecule has 0 aliphatic heterocycles. The molecular weight excluding hydrogens is 472 g/mol. The van der Waals surface area contributed by atoms with Crippen molar-refractivity contribution in [1.82, 2.24) is 0 Å². The molecule has 224 valence electrons. The van der Waals surface area contributed by atoms with Gasteiger partial charge < -0.3 is 9.47 Å². The molecule has 0 aromatic heterocycles. The van der Waals surface area contributed by atoms with Crippen LogP contribution in [0.4, 0.5) is 0 Å². The van der Waals surface area contributed by atoms with Crippen LogP contribution in [0.2, 0.25) is 0 Å². The SMILES string of the molecule is CCCC(C)(C)CCC(C)CCCOC(=O)C1CCC(C(=O)OCCCC(C)CCC(C)(C)CCC)CC1. The summed E-state index contributed by atoms with van der Waals surface area (Å²) in [5.41, 5.74) is 0.870. The summed E-state index contributed by atoms with van der Waals surface area (Å²) in [6.07, 6.45) is 17.2. The van der Waals surface area contributed by atoms with Gasteiger partial charge >= 0.3 is 11.9 Å². The van der Waals surface area contributed by atoms with E-state index in [0.717, 1.165) is 51.4 Å². The standard InChI is InChI=1S/C34H64O4/c1-9-21-33(5,6)23-19-27(3)13-11-25-37-31(35)29-15-17-30(18-16-29)32(36)38-26-12-14-28(4)20-24-34(7,8)22-10-2/h27-30H,9-26H2,1-8H3. The fourth-order valence-electron chi connectivity index (χ4n) is 6.18. The van der Waals surface area contributed by atoms with Gasteiger partial charge in [0, 0.05) is 0 Å². The second-order valence-electron chi connectivity index (χ2n) is 14.3. The van der Waals surface area contributed by atoms with E-state index in [1.807, 2.05) is 0 Å². The highest BCUT2D eigenvalue weighted by molar-refractivity contribution is 5.75. The molecule has 1 rings (SSSR count). The van der Waals surface area contributed by atoms with Crippen molar-refractivity contribution in [3.63, 3.8) is 0 Å². The van der Waals surface area contributed by atoms with E-state index in [2.05, 4.69) is 55.4 Å². The fourth-order valence-corrected chi connectivity index (χ4v) is 6.18. The molecular formula is C34H64O4. The van der Waals surface area contributed by atoms with E-state index in [4.69, 9.17) is 9.47 Å². The van der Waals surface area contributed by atoms with E-state index >= 15 is 0 Å². The minimum absolute atomic E-state index is 0.0517. The lowest BCUT2D eigenvalue weighted by Crippen LogP contribution is -2.28. The number of carbonyl (C=O) groups is 2. The maximum atomic E-state index is 12.5. The van der Waals surface area contributed by atoms with Gasteiger partial charge in [-0.15, -0.1) is 0 Å². The highest BCUT2D eigenvalue weighted by Crippen LogP contribution is 2.33. The first-order chi connectivity index (χ1) is 17.9. The van der Waals surface area contributed by atoms with E-state index < -0.39 is 0 Å². The molecule has 4 nitrogen and oxygen atoms in total. The van der Waals surface area contributed by atoms with Crippen LogP contribution in [0.15, 0.2) is 0 Å². The van der Waals surface area contributed by atoms with Crippen LogP contribution in [0.25, 0.3) is 0 Å². The summed E-state index contributed by atoms with van der Waals surface area (Å²) in [5, 5.41) is 0. The van der Waals surface area contributed by atoms with Crippen LogP contribution in [0.3, 0.4) is 0 Å². The molecule has 38 heavy (non-hydrogen) atoms. The first-order valence-electron chi connectivity index (χ1n) is 16.2. The zero-order valence-electron chi connectivity index (χ0n) is 26.7. The fraction of sp³-hybridized carbons (Fsp3) is 0.941. The van der Waals surface area contributed by atoms with Gasteiger partial charge in [-0.1, -0.05) is 81.1 Å². The van der Waals surface area contributed by atoms with Gasteiger partial charge in [-0.25, -0.2) is 0 Å². The third-order valence-electron chi connectivity index (χ3n) is 9.05. The van der Waals surface area contributed by atoms with Crippen LogP contribution in [0.5, 0.6) is 0 Å². The van der Waals surface area contributed by atoms with Gasteiger partial charge in [0.15, 0.2) is 0 Å². The van der Waals surface area contributed by atoms with E-state index in [1.165, 1.54) is 51.4 Å². The summed E-state index contributed by atoms with van der Waals surface area (Å²) in [6.45, 7) is 19.7. The normalized spacial score (nSPS) is 20.1. The third kappa shape index (κ3) is 15.5. The van der Waals surface area contributed by atoms with E-state index in [0.29, 0.717) is 35.9 Å². The molecule has 1 fully saturated rings. The van der Waals surface area contributed by atoms with Gasteiger partial charge in [-0.05, 0) is 99.7 Å². The highest BCUT2D eigenvalue weighted by atomic mass is 16.5. The van der Waals surface area contributed by atoms with Gasteiger partial charge in [0.25, 0.3) is 0 Å². The number of rotatable bonds is 20. The van der Waals surface area contributed by atoms with Crippen LogP contribution >= 0.6 is 0 Å². The Labute approximate surface area is 236 Å². The lowest BCUT2D eigenvalue weighted by molar-refractivity contribution is -0.155. The Balaban J connectivity index is 2.14. The highest BCUT2D eigenvalue weighted by Gasteiger charge is 2.31. The summed E-state index contributed by atoms with van der Waals surface area (Å²) in [6, 6.07) is 0. The summed E-state index contributed by atoms with van der Waals surface area (Å²) in [4.78, 5) is 25.1. The molecule has 2 unspecified atom stereocenters. The lowest BCUT2D eigenvalue weighted by Gasteiger charge is -2.26. The molecule has 0 amide bonds. The largest absolute Gasteiger partial charge is 0.465 e. The summed E-state index contributed by atoms with van der Waals surface area (Å²) >= 11 is 0. The maximum absolute atomic E-state index is 12.5. The van der Waals surface area contributed by atoms with Crippen molar-refractivity contribution in [2.24, 2.45) is 34.5 Å². The van der Waals surface area contributed by atoms with Crippen molar-refractivity contribution >= 4 is 11.9 Å². The van der Waals surface area contributed by atoms with Crippen molar-refractivity contribution in [1.29, 1.82) is 0 Å². The Morgan fingerprint density at radius 3 is 1.29 bits per heavy atom. The summed E-state index contributed by atoms with van der Waals surface area (Å²) in [7, 11) is 0. The predicted molar refractivity (Wildman–Crippen MR) is 160 cm³/mol. The topological polar surface area (TPSA) is 52.6 Å². The number of hydrogen-bond donors (Lipinski definition) is 0. The molecule has 1 aliphatic carbocycles. The van der Waals surface area contributed by atoms with Crippen molar-refractivity contribution in [2.45, 2.75) is 158 Å². The molecule has 0 heterocycles. The average molecular weight is 537 g/mol. The first kappa shape index (κ1) is 35.0. The second kappa shape index (κ2) is 18.3. The van der Waals surface area contributed by atoms with Crippen LogP contribution in [0.1, 0.15) is 158 Å². The van der Waals surface area contributed by atoms with Gasteiger partial charge in [-0.3, -0.25) is 9.59 Å². The minimum Gasteiger partial charge on any atom is -0.465 e. The number of ether oxygens (including phenoxy) is 2. The molecule has 0 N–H and O–H groups in total. The third-order valence-corrected chi connectivity index (χ3v) is 9.05. The van der Waals surface area contributed by atoms with Crippen LogP contribution in [-0.2, 0) is 19.1 Å². The number of carbonyl (C=O) groups excluding carboxylic acids is 2. The molecule has 0 spiro atoms. The number of esters is 2. The van der Waals surface area contributed by atoms with Crippen molar-refractivity contribution in [2.75, 3.05) is 13.2 Å². The van der Waals surface area contributed by atoms with Gasteiger partial charge in [-0.2, -0.15) is 0 Å². The average Bonchev–Trinajstić information content (AvgIpc) is 2.86. The molecule has 0 aromatic carbocycles. The lowest BCUT2D eigenvalue weighted by atomic mass is 9.81.